The molecule has 0 saturated carbocycles. The van der Waals surface area contributed by atoms with Gasteiger partial charge in [-0.05, 0) is 19.8 Å². The van der Waals surface area contributed by atoms with Gasteiger partial charge in [-0.3, -0.25) is 0 Å². The van der Waals surface area contributed by atoms with E-state index in [1.807, 2.05) is 4.90 Å². The molecule has 0 unspecified atom stereocenters. The van der Waals surface area contributed by atoms with Crippen molar-refractivity contribution in [3.05, 3.63) is 17.6 Å². The summed E-state index contributed by atoms with van der Waals surface area (Å²) >= 11 is 0. The van der Waals surface area contributed by atoms with Crippen molar-refractivity contribution in [2.75, 3.05) is 18.0 Å². The minimum atomic E-state index is -0.961. The first-order valence-corrected chi connectivity index (χ1v) is 5.00. The van der Waals surface area contributed by atoms with E-state index in [1.54, 1.807) is 6.92 Å². The number of hydrogen-bond donors (Lipinski definition) is 1. The standard InChI is InChI=1S/C10H13N3O2/c1-7-11-6-8(10(14)15)9(12-7)13-4-2-3-5-13/h6H,2-5H2,1H3,(H,14,15). The minimum Gasteiger partial charge on any atom is -0.477 e. The number of hydrogen-bond acceptors (Lipinski definition) is 4. The second-order valence-corrected chi connectivity index (χ2v) is 3.65. The van der Waals surface area contributed by atoms with Gasteiger partial charge in [-0.1, -0.05) is 0 Å². The van der Waals surface area contributed by atoms with Crippen molar-refractivity contribution in [1.29, 1.82) is 0 Å². The van der Waals surface area contributed by atoms with Gasteiger partial charge in [-0.15, -0.1) is 0 Å². The Morgan fingerprint density at radius 2 is 2.13 bits per heavy atom. The highest BCUT2D eigenvalue weighted by Crippen LogP contribution is 2.21. The van der Waals surface area contributed by atoms with Crippen molar-refractivity contribution < 1.29 is 9.90 Å². The molecule has 1 aromatic heterocycles. The van der Waals surface area contributed by atoms with Crippen LogP contribution in [0.25, 0.3) is 0 Å². The van der Waals surface area contributed by atoms with Gasteiger partial charge in [0.25, 0.3) is 0 Å². The number of aromatic carboxylic acids is 1. The number of anilines is 1. The molecule has 0 radical (unpaired) electrons. The maximum atomic E-state index is 11.0. The Morgan fingerprint density at radius 1 is 1.47 bits per heavy atom. The molecule has 80 valence electrons. The van der Waals surface area contributed by atoms with Crippen LogP contribution in [0.2, 0.25) is 0 Å². The number of aromatic nitrogens is 2. The molecule has 1 fully saturated rings. The second-order valence-electron chi connectivity index (χ2n) is 3.65. The van der Waals surface area contributed by atoms with Crippen LogP contribution in [0.4, 0.5) is 5.82 Å². The second kappa shape index (κ2) is 3.84. The molecule has 2 heterocycles. The smallest absolute Gasteiger partial charge is 0.341 e. The normalized spacial score (nSPS) is 15.7. The van der Waals surface area contributed by atoms with E-state index in [2.05, 4.69) is 9.97 Å². The molecule has 1 aliphatic heterocycles. The highest BCUT2D eigenvalue weighted by atomic mass is 16.4. The summed E-state index contributed by atoms with van der Waals surface area (Å²) in [6, 6.07) is 0. The summed E-state index contributed by atoms with van der Waals surface area (Å²) in [5, 5.41) is 9.01. The van der Waals surface area contributed by atoms with E-state index in [4.69, 9.17) is 5.11 Å². The van der Waals surface area contributed by atoms with Crippen LogP contribution in [0, 0.1) is 6.92 Å². The van der Waals surface area contributed by atoms with E-state index in [0.29, 0.717) is 11.6 Å². The molecule has 15 heavy (non-hydrogen) atoms. The van der Waals surface area contributed by atoms with Crippen molar-refractivity contribution in [1.82, 2.24) is 9.97 Å². The Balaban J connectivity index is 2.41. The lowest BCUT2D eigenvalue weighted by atomic mass is 10.3. The van der Waals surface area contributed by atoms with Crippen LogP contribution in [-0.4, -0.2) is 34.1 Å². The highest BCUT2D eigenvalue weighted by Gasteiger charge is 2.21. The molecule has 0 spiro atoms. The zero-order valence-electron chi connectivity index (χ0n) is 8.60. The summed E-state index contributed by atoms with van der Waals surface area (Å²) in [4.78, 5) is 21.1. The van der Waals surface area contributed by atoms with Gasteiger partial charge in [-0.2, -0.15) is 0 Å². The van der Waals surface area contributed by atoms with Gasteiger partial charge >= 0.3 is 5.97 Å². The Hall–Kier alpha value is -1.65. The Labute approximate surface area is 87.8 Å². The monoisotopic (exact) mass is 207 g/mol. The van der Waals surface area contributed by atoms with Gasteiger partial charge < -0.3 is 10.0 Å². The first-order chi connectivity index (χ1) is 7.18. The molecule has 1 aliphatic rings. The van der Waals surface area contributed by atoms with E-state index in [0.717, 1.165) is 25.9 Å². The van der Waals surface area contributed by atoms with Crippen molar-refractivity contribution in [3.63, 3.8) is 0 Å². The van der Waals surface area contributed by atoms with E-state index < -0.39 is 5.97 Å². The van der Waals surface area contributed by atoms with Crippen LogP contribution in [0.3, 0.4) is 0 Å². The zero-order chi connectivity index (χ0) is 10.8. The summed E-state index contributed by atoms with van der Waals surface area (Å²) in [6.07, 6.45) is 3.59. The van der Waals surface area contributed by atoms with Crippen LogP contribution in [-0.2, 0) is 0 Å². The number of carboxylic acids is 1. The highest BCUT2D eigenvalue weighted by molar-refractivity contribution is 5.93. The lowest BCUT2D eigenvalue weighted by Crippen LogP contribution is -2.22. The lowest BCUT2D eigenvalue weighted by Gasteiger charge is -2.18. The predicted octanol–water partition coefficient (Wildman–Crippen LogP) is 1.08. The minimum absolute atomic E-state index is 0.197. The number of rotatable bonds is 2. The fraction of sp³-hybridized carbons (Fsp3) is 0.500. The van der Waals surface area contributed by atoms with E-state index in [9.17, 15) is 4.79 Å². The van der Waals surface area contributed by atoms with Gasteiger partial charge in [-0.25, -0.2) is 14.8 Å². The molecule has 2 rings (SSSR count). The average Bonchev–Trinajstić information content (AvgIpc) is 2.69. The van der Waals surface area contributed by atoms with Crippen molar-refractivity contribution in [2.45, 2.75) is 19.8 Å². The van der Waals surface area contributed by atoms with Crippen LogP contribution >= 0.6 is 0 Å². The molecule has 5 nitrogen and oxygen atoms in total. The summed E-state index contributed by atoms with van der Waals surface area (Å²) in [5.41, 5.74) is 0.197. The Morgan fingerprint density at radius 3 is 2.73 bits per heavy atom. The van der Waals surface area contributed by atoms with Crippen LogP contribution in [0.5, 0.6) is 0 Å². The van der Waals surface area contributed by atoms with Crippen LogP contribution < -0.4 is 4.90 Å². The summed E-state index contributed by atoms with van der Waals surface area (Å²) in [6.45, 7) is 3.54. The molecule has 1 aromatic rings. The molecule has 0 aliphatic carbocycles. The van der Waals surface area contributed by atoms with Gasteiger partial charge in [0.05, 0.1) is 0 Å². The molecule has 1 N–H and O–H groups in total. The fourth-order valence-corrected chi connectivity index (χ4v) is 1.78. The number of carboxylic acid groups (broad SMARTS) is 1. The van der Waals surface area contributed by atoms with Gasteiger partial charge in [0.15, 0.2) is 0 Å². The van der Waals surface area contributed by atoms with Crippen molar-refractivity contribution >= 4 is 11.8 Å². The summed E-state index contributed by atoms with van der Waals surface area (Å²) in [7, 11) is 0. The maximum absolute atomic E-state index is 11.0. The molecule has 0 atom stereocenters. The van der Waals surface area contributed by atoms with Gasteiger partial charge in [0, 0.05) is 19.3 Å². The van der Waals surface area contributed by atoms with Gasteiger partial charge in [0.2, 0.25) is 0 Å². The van der Waals surface area contributed by atoms with Crippen LogP contribution in [0.1, 0.15) is 29.0 Å². The third-order valence-corrected chi connectivity index (χ3v) is 2.53. The Kier molecular flexibility index (Phi) is 2.53. The largest absolute Gasteiger partial charge is 0.477 e. The molecular weight excluding hydrogens is 194 g/mol. The molecule has 0 amide bonds. The third kappa shape index (κ3) is 1.91. The van der Waals surface area contributed by atoms with E-state index in [1.165, 1.54) is 6.20 Å². The number of nitrogens with zero attached hydrogens (tertiary/aromatic N) is 3. The van der Waals surface area contributed by atoms with Gasteiger partial charge in [0.1, 0.15) is 17.2 Å². The zero-order valence-corrected chi connectivity index (χ0v) is 8.60. The molecule has 5 heteroatoms. The number of carbonyl (C=O) groups is 1. The number of aryl methyl sites for hydroxylation is 1. The average molecular weight is 207 g/mol. The Bertz CT molecular complexity index is 386. The van der Waals surface area contributed by atoms with E-state index in [-0.39, 0.29) is 5.56 Å². The van der Waals surface area contributed by atoms with Crippen LogP contribution in [0.15, 0.2) is 6.20 Å². The third-order valence-electron chi connectivity index (χ3n) is 2.53. The molecular formula is C10H13N3O2. The summed E-state index contributed by atoms with van der Waals surface area (Å²) in [5.74, 6) is 0.214. The molecule has 1 saturated heterocycles. The molecule has 0 bridgehead atoms. The fourth-order valence-electron chi connectivity index (χ4n) is 1.78. The quantitative estimate of drug-likeness (QED) is 0.786. The maximum Gasteiger partial charge on any atom is 0.341 e. The topological polar surface area (TPSA) is 66.3 Å². The summed E-state index contributed by atoms with van der Waals surface area (Å²) < 4.78 is 0. The molecule has 0 aromatic carbocycles. The first kappa shape index (κ1) is 9.89. The van der Waals surface area contributed by atoms with E-state index >= 15 is 0 Å². The van der Waals surface area contributed by atoms with Crippen molar-refractivity contribution in [3.8, 4) is 0 Å². The van der Waals surface area contributed by atoms with Crippen molar-refractivity contribution in [2.24, 2.45) is 0 Å². The lowest BCUT2D eigenvalue weighted by molar-refractivity contribution is 0.0696. The first-order valence-electron chi connectivity index (χ1n) is 5.00. The SMILES string of the molecule is Cc1ncc(C(=O)O)c(N2CCCC2)n1. The predicted molar refractivity (Wildman–Crippen MR) is 55.2 cm³/mol.